The van der Waals surface area contributed by atoms with E-state index in [9.17, 15) is 19.2 Å². The van der Waals surface area contributed by atoms with Crippen molar-refractivity contribution < 1.29 is 19.2 Å². The van der Waals surface area contributed by atoms with Gasteiger partial charge in [-0.15, -0.1) is 0 Å². The van der Waals surface area contributed by atoms with Crippen LogP contribution in [0.2, 0.25) is 0 Å². The number of nitrogens with one attached hydrogen (secondary N) is 2. The third-order valence-electron chi connectivity index (χ3n) is 11.0. The summed E-state index contributed by atoms with van der Waals surface area (Å²) in [6.45, 7) is 1.41. The van der Waals surface area contributed by atoms with Crippen molar-refractivity contribution in [1.82, 2.24) is 20.6 Å². The Kier molecular flexibility index (Phi) is 26.6. The molecule has 2 atom stereocenters. The molecule has 3 heterocycles. The lowest BCUT2D eigenvalue weighted by Gasteiger charge is -2.19. The van der Waals surface area contributed by atoms with Gasteiger partial charge in [0.2, 0.25) is 11.8 Å². The molecule has 1 saturated heterocycles. The van der Waals surface area contributed by atoms with Gasteiger partial charge in [-0.25, -0.2) is 9.97 Å². The number of hydrogen-bond acceptors (Lipinski definition) is 11. The number of aromatic nitrogens is 2. The van der Waals surface area contributed by atoms with Crippen LogP contribution < -0.4 is 16.4 Å². The second-order valence-electron chi connectivity index (χ2n) is 16.2. The summed E-state index contributed by atoms with van der Waals surface area (Å²) in [7, 11) is 6.65. The number of amides is 2. The van der Waals surface area contributed by atoms with E-state index in [2.05, 4.69) is 26.7 Å². The Morgan fingerprint density at radius 1 is 0.672 bits per heavy atom. The molecule has 0 radical (unpaired) electrons. The maximum absolute atomic E-state index is 13.5. The third kappa shape index (κ3) is 22.9. The molecule has 1 aliphatic heterocycles. The van der Waals surface area contributed by atoms with Crippen molar-refractivity contribution in [3.63, 3.8) is 0 Å². The van der Waals surface area contributed by atoms with Gasteiger partial charge in [0.05, 0.1) is 6.04 Å². The normalized spacial score (nSPS) is 17.2. The number of carbonyl (C=O) groups excluding carboxylic acids is 4. The lowest BCUT2D eigenvalue weighted by molar-refractivity contribution is -0.128. The molecule has 334 valence electrons. The summed E-state index contributed by atoms with van der Waals surface area (Å²) in [4.78, 5) is 61.2. The van der Waals surface area contributed by atoms with Crippen LogP contribution in [0, 0.1) is 5.92 Å². The summed E-state index contributed by atoms with van der Waals surface area (Å²) < 4.78 is 0. The van der Waals surface area contributed by atoms with Gasteiger partial charge in [-0.3, -0.25) is 19.2 Å². The summed E-state index contributed by atoms with van der Waals surface area (Å²) >= 11 is 0. The Labute approximate surface area is 381 Å². The van der Waals surface area contributed by atoms with Crippen molar-refractivity contribution in [2.45, 2.75) is 169 Å². The number of Topliss-reactive ketones (excluding diaryl/α,β-unsaturated/α-hetero) is 2. The molecule has 0 saturated carbocycles. The molecule has 1 fully saturated rings. The monoisotopic (exact) mass is 907 g/mol. The van der Waals surface area contributed by atoms with Crippen molar-refractivity contribution in [1.29, 1.82) is 0 Å². The average molecular weight is 908 g/mol. The van der Waals surface area contributed by atoms with Crippen LogP contribution in [0.1, 0.15) is 163 Å². The molecular formula is C48H69N5O4S4. The second kappa shape index (κ2) is 31.9. The van der Waals surface area contributed by atoms with Crippen LogP contribution in [0.3, 0.4) is 0 Å². The first kappa shape index (κ1) is 50.8. The predicted molar refractivity (Wildman–Crippen MR) is 258 cm³/mol. The molecule has 2 unspecified atom stereocenters. The van der Waals surface area contributed by atoms with Gasteiger partial charge in [0, 0.05) is 61.2 Å². The number of ketones is 2. The summed E-state index contributed by atoms with van der Waals surface area (Å²) in [6.07, 6.45) is 24.6. The smallest absolute Gasteiger partial charge is 0.237 e. The van der Waals surface area contributed by atoms with Crippen LogP contribution in [0.4, 0.5) is 0 Å². The van der Waals surface area contributed by atoms with E-state index in [0.717, 1.165) is 76.9 Å². The van der Waals surface area contributed by atoms with Crippen molar-refractivity contribution >= 4 is 66.6 Å². The van der Waals surface area contributed by atoms with E-state index in [1.54, 1.807) is 55.6 Å². The van der Waals surface area contributed by atoms with Gasteiger partial charge in [0.1, 0.15) is 15.8 Å². The molecule has 4 N–H and O–H groups in total. The van der Waals surface area contributed by atoms with Crippen molar-refractivity contribution in [2.24, 2.45) is 11.7 Å². The number of primary amides is 1. The number of unbranched alkanes of at least 4 members (excludes halogenated alkanes) is 2. The minimum absolute atomic E-state index is 0.0381. The summed E-state index contributed by atoms with van der Waals surface area (Å²) in [5.74, 6) is 0.492. The number of carbonyl (C=O) groups is 4. The molecule has 0 aliphatic carbocycles. The fraction of sp³-hybridized carbons (Fsp3) is 0.583. The highest BCUT2D eigenvalue weighted by atomic mass is 33.1. The zero-order chi connectivity index (χ0) is 43.2. The molecular weight excluding hydrogens is 839 g/mol. The number of pyridine rings is 2. The molecule has 2 amide bonds. The molecule has 0 bridgehead atoms. The predicted octanol–water partition coefficient (Wildman–Crippen LogP) is 11.9. The lowest BCUT2D eigenvalue weighted by Crippen LogP contribution is -2.45. The van der Waals surface area contributed by atoms with Crippen LogP contribution in [0.25, 0.3) is 0 Å². The highest BCUT2D eigenvalue weighted by Gasteiger charge is 2.23. The van der Waals surface area contributed by atoms with Crippen LogP contribution in [0.15, 0.2) is 77.0 Å². The Bertz CT molecular complexity index is 1640. The van der Waals surface area contributed by atoms with Crippen molar-refractivity contribution in [2.75, 3.05) is 13.1 Å². The van der Waals surface area contributed by atoms with E-state index in [1.807, 2.05) is 48.5 Å². The van der Waals surface area contributed by atoms with Gasteiger partial charge < -0.3 is 16.4 Å². The first-order valence-electron chi connectivity index (χ1n) is 22.8. The van der Waals surface area contributed by atoms with E-state index in [-0.39, 0.29) is 30.3 Å². The maximum Gasteiger partial charge on any atom is 0.237 e. The van der Waals surface area contributed by atoms with E-state index >= 15 is 0 Å². The van der Waals surface area contributed by atoms with Crippen LogP contribution >= 0.6 is 43.2 Å². The SMILES string of the molecule is NC(=O)C(CCCCCC(=O)c1cc(CSSc2ccccn2)cc(CSSc2ccccn2)c1)CC(=O)CCC1NCCCCCCCCCCCCCCCCNC1=O. The molecule has 3 aromatic rings. The van der Waals surface area contributed by atoms with Crippen LogP contribution in [0.5, 0.6) is 0 Å². The van der Waals surface area contributed by atoms with Crippen molar-refractivity contribution in [3.05, 3.63) is 83.7 Å². The highest BCUT2D eigenvalue weighted by molar-refractivity contribution is 8.76. The Morgan fingerprint density at radius 3 is 1.74 bits per heavy atom. The number of hydrogen-bond donors (Lipinski definition) is 3. The Hall–Kier alpha value is -2.84. The van der Waals surface area contributed by atoms with Gasteiger partial charge in [-0.1, -0.05) is 130 Å². The summed E-state index contributed by atoms with van der Waals surface area (Å²) in [5, 5.41) is 8.44. The molecule has 61 heavy (non-hydrogen) atoms. The molecule has 1 aliphatic rings. The van der Waals surface area contributed by atoms with Gasteiger partial charge >= 0.3 is 0 Å². The molecule has 9 nitrogen and oxygen atoms in total. The van der Waals surface area contributed by atoms with E-state index < -0.39 is 17.9 Å². The molecule has 2 aromatic heterocycles. The zero-order valence-electron chi connectivity index (χ0n) is 36.1. The number of rotatable bonds is 21. The largest absolute Gasteiger partial charge is 0.369 e. The fourth-order valence-electron chi connectivity index (χ4n) is 7.53. The maximum atomic E-state index is 13.5. The van der Waals surface area contributed by atoms with Crippen molar-refractivity contribution in [3.8, 4) is 0 Å². The first-order chi connectivity index (χ1) is 29.9. The Balaban J connectivity index is 1.21. The van der Waals surface area contributed by atoms with Crippen LogP contribution in [-0.2, 0) is 25.9 Å². The average Bonchev–Trinajstić information content (AvgIpc) is 3.26. The minimum Gasteiger partial charge on any atom is -0.369 e. The van der Waals surface area contributed by atoms with Gasteiger partial charge in [0.15, 0.2) is 5.78 Å². The molecule has 1 aromatic carbocycles. The van der Waals surface area contributed by atoms with Gasteiger partial charge in [-0.05, 0) is 108 Å². The number of nitrogens with two attached hydrogens (primary N) is 1. The quantitative estimate of drug-likeness (QED) is 0.0534. The van der Waals surface area contributed by atoms with Crippen LogP contribution in [-0.4, -0.2) is 52.5 Å². The van der Waals surface area contributed by atoms with Gasteiger partial charge in [0.25, 0.3) is 0 Å². The molecule has 4 rings (SSSR count). The number of nitrogens with zero attached hydrogens (tertiary/aromatic N) is 2. The molecule has 13 heteroatoms. The highest BCUT2D eigenvalue weighted by Crippen LogP contribution is 2.35. The lowest BCUT2D eigenvalue weighted by atomic mass is 9.92. The third-order valence-corrected chi connectivity index (χ3v) is 15.4. The Morgan fingerprint density at radius 2 is 1.21 bits per heavy atom. The van der Waals surface area contributed by atoms with Gasteiger partial charge in [-0.2, -0.15) is 0 Å². The van der Waals surface area contributed by atoms with E-state index in [0.29, 0.717) is 38.6 Å². The van der Waals surface area contributed by atoms with E-state index in [4.69, 9.17) is 5.73 Å². The molecule has 0 spiro atoms. The number of benzene rings is 1. The summed E-state index contributed by atoms with van der Waals surface area (Å²) in [5.41, 5.74) is 8.71. The standard InChI is InChI=1S/C48H69N5O4S4/c49-47(56)40(35-42(54)26-27-43-48(57)53-31-19-12-10-8-6-4-2-1-3-5-7-9-11-18-28-50-43)22-14-13-15-23-44(55)41-33-38(36-58-60-45-24-16-20-29-51-45)32-39(34-41)37-59-61-46-25-17-21-30-52-46/h16-17,20-21,24-25,29-30,32-34,40,43,50H,1-15,18-19,22-23,26-28,31,35-37H2,(H2,49,56)(H,53,57). The summed E-state index contributed by atoms with van der Waals surface area (Å²) in [6, 6.07) is 17.5. The zero-order valence-corrected chi connectivity index (χ0v) is 39.4. The second-order valence-corrected chi connectivity index (χ2v) is 20.8. The topological polar surface area (TPSA) is 144 Å². The fourth-order valence-corrected chi connectivity index (χ4v) is 11.5. The first-order valence-corrected chi connectivity index (χ1v) is 27.4. The van der Waals surface area contributed by atoms with E-state index in [1.165, 1.54) is 64.2 Å². The minimum atomic E-state index is -0.550.